The minimum atomic E-state index is -3.88. The van der Waals surface area contributed by atoms with Gasteiger partial charge in [0.25, 0.3) is 0 Å². The van der Waals surface area contributed by atoms with Crippen molar-refractivity contribution in [3.05, 3.63) is 82.8 Å². The first kappa shape index (κ1) is 30.5. The number of sulfone groups is 1. The maximum atomic E-state index is 15.8. The van der Waals surface area contributed by atoms with Crippen molar-refractivity contribution in [3.8, 4) is 28.8 Å². The molecule has 5 rings (SSSR count). The average molecular weight is 621 g/mol. The molecule has 1 aliphatic rings. The lowest BCUT2D eigenvalue weighted by Gasteiger charge is -2.41. The highest BCUT2D eigenvalue weighted by atomic mass is 32.2. The largest absolute Gasteiger partial charge is 0.507 e. The van der Waals surface area contributed by atoms with Crippen molar-refractivity contribution < 1.29 is 27.1 Å². The first-order chi connectivity index (χ1) is 20.9. The Hall–Kier alpha value is -5.00. The van der Waals surface area contributed by atoms with Crippen molar-refractivity contribution in [2.45, 2.75) is 17.4 Å². The summed E-state index contributed by atoms with van der Waals surface area (Å²) in [4.78, 5) is 36.9. The van der Waals surface area contributed by atoms with Gasteiger partial charge in [0, 0.05) is 38.5 Å². The van der Waals surface area contributed by atoms with Gasteiger partial charge in [-0.2, -0.15) is 10.2 Å². The molecule has 0 amide bonds. The number of aromatic hydroxyl groups is 1. The maximum absolute atomic E-state index is 15.8. The Kier molecular flexibility index (Phi) is 8.27. The highest BCUT2D eigenvalue weighted by molar-refractivity contribution is 7.90. The molecule has 1 unspecified atom stereocenters. The zero-order valence-electron chi connectivity index (χ0n) is 23.4. The summed E-state index contributed by atoms with van der Waals surface area (Å²) >= 11 is 0. The van der Waals surface area contributed by atoms with E-state index in [-0.39, 0.29) is 53.5 Å². The minimum absolute atomic E-state index is 0.00596. The topological polar surface area (TPSA) is 149 Å². The minimum Gasteiger partial charge on any atom is -0.507 e. The second-order valence-corrected chi connectivity index (χ2v) is 12.3. The van der Waals surface area contributed by atoms with Crippen LogP contribution in [0.2, 0.25) is 0 Å². The third-order valence-electron chi connectivity index (χ3n) is 7.34. The lowest BCUT2D eigenvalue weighted by Crippen LogP contribution is -2.54. The number of anilines is 1. The molecular weight excluding hydrogens is 594 g/mol. The number of halogens is 2. The molecule has 1 atom stereocenters. The van der Waals surface area contributed by atoms with Gasteiger partial charge in [0.15, 0.2) is 21.3 Å². The monoisotopic (exact) mass is 620 g/mol. The molecule has 0 aliphatic carbocycles. The third-order valence-corrected chi connectivity index (χ3v) is 8.48. The lowest BCUT2D eigenvalue weighted by atomic mass is 10.1. The Morgan fingerprint density at radius 2 is 1.91 bits per heavy atom. The van der Waals surface area contributed by atoms with Crippen molar-refractivity contribution >= 4 is 33.0 Å². The van der Waals surface area contributed by atoms with Crippen LogP contribution in [0.1, 0.15) is 6.42 Å². The van der Waals surface area contributed by atoms with Crippen molar-refractivity contribution in [2.75, 3.05) is 37.3 Å². The Labute approximate surface area is 250 Å². The summed E-state index contributed by atoms with van der Waals surface area (Å²) in [5.41, 5.74) is -2.10. The summed E-state index contributed by atoms with van der Waals surface area (Å²) in [5, 5.41) is 19.9. The van der Waals surface area contributed by atoms with E-state index in [1.54, 1.807) is 4.90 Å². The zero-order chi connectivity index (χ0) is 31.8. The molecule has 2 aromatic heterocycles. The summed E-state index contributed by atoms with van der Waals surface area (Å²) in [6.07, 6.45) is 1.67. The van der Waals surface area contributed by atoms with Crippen LogP contribution in [-0.4, -0.2) is 77.7 Å². The van der Waals surface area contributed by atoms with E-state index in [0.717, 1.165) is 29.0 Å². The SMILES string of the molecule is C=C(C=O)CN1CCN(c2nc(=O)n(-c3ccccc3S(C)(=O)=O)c3nc(-c4c(O)cccc4F)c(F)cc23)CC1CC#N. The number of nitriles is 1. The van der Waals surface area contributed by atoms with Crippen LogP contribution in [-0.2, 0) is 14.6 Å². The Morgan fingerprint density at radius 3 is 2.59 bits per heavy atom. The Bertz CT molecular complexity index is 2000. The molecular formula is C30H26F2N6O5S. The quantitative estimate of drug-likeness (QED) is 0.230. The van der Waals surface area contributed by atoms with E-state index in [2.05, 4.69) is 22.6 Å². The number of carbonyl (C=O) groups excluding carboxylic acids is 1. The number of piperazine rings is 1. The lowest BCUT2D eigenvalue weighted by molar-refractivity contribution is -0.105. The average Bonchev–Trinajstić information content (AvgIpc) is 2.97. The van der Waals surface area contributed by atoms with Crippen LogP contribution < -0.4 is 10.6 Å². The number of nitrogens with zero attached hydrogens (tertiary/aromatic N) is 6. The fraction of sp³-hybridized carbons (Fsp3) is 0.233. The molecule has 0 spiro atoms. The Balaban J connectivity index is 1.78. The number of pyridine rings is 1. The number of aromatic nitrogens is 3. The standard InChI is InChI=1S/C30H26F2N6O5S/c1-18(17-39)15-36-12-13-37(16-19(36)10-11-33)28-20-14-22(32)27(26-21(31)6-5-8-24(26)40)34-29(20)38(30(41)35-28)23-7-3-4-9-25(23)44(2,42)43/h3-9,14,17,19,40H,1,10,12-13,15-16H2,2H3. The van der Waals surface area contributed by atoms with Crippen molar-refractivity contribution in [1.29, 1.82) is 5.26 Å². The second-order valence-electron chi connectivity index (χ2n) is 10.3. The molecule has 1 fully saturated rings. The van der Waals surface area contributed by atoms with E-state index in [0.29, 0.717) is 18.4 Å². The molecule has 0 saturated carbocycles. The molecule has 3 heterocycles. The van der Waals surface area contributed by atoms with Gasteiger partial charge in [-0.25, -0.2) is 31.5 Å². The molecule has 14 heteroatoms. The van der Waals surface area contributed by atoms with Crippen LogP contribution in [0.3, 0.4) is 0 Å². The summed E-state index contributed by atoms with van der Waals surface area (Å²) in [5.74, 6) is -2.58. The number of para-hydroxylation sites is 1. The number of phenolic OH excluding ortho intramolecular Hbond substituents is 1. The van der Waals surface area contributed by atoms with E-state index in [4.69, 9.17) is 0 Å². The van der Waals surface area contributed by atoms with E-state index in [1.165, 1.54) is 30.3 Å². The van der Waals surface area contributed by atoms with Crippen LogP contribution >= 0.6 is 0 Å². The van der Waals surface area contributed by atoms with Gasteiger partial charge in [0.05, 0.1) is 34.0 Å². The number of hydrogen-bond donors (Lipinski definition) is 1. The highest BCUT2D eigenvalue weighted by Crippen LogP contribution is 2.36. The van der Waals surface area contributed by atoms with E-state index < -0.39 is 50.2 Å². The fourth-order valence-electron chi connectivity index (χ4n) is 5.33. The van der Waals surface area contributed by atoms with Gasteiger partial charge < -0.3 is 10.0 Å². The highest BCUT2D eigenvalue weighted by Gasteiger charge is 2.31. The summed E-state index contributed by atoms with van der Waals surface area (Å²) in [6.45, 7) is 4.72. The van der Waals surface area contributed by atoms with Crippen molar-refractivity contribution in [1.82, 2.24) is 19.4 Å². The predicted octanol–water partition coefficient (Wildman–Crippen LogP) is 2.99. The third kappa shape index (κ3) is 5.67. The van der Waals surface area contributed by atoms with Crippen LogP contribution in [0.25, 0.3) is 28.0 Å². The van der Waals surface area contributed by atoms with Gasteiger partial charge in [-0.15, -0.1) is 0 Å². The molecule has 1 saturated heterocycles. The summed E-state index contributed by atoms with van der Waals surface area (Å²) < 4.78 is 56.9. The van der Waals surface area contributed by atoms with E-state index in [1.807, 2.05) is 4.90 Å². The molecule has 11 nitrogen and oxygen atoms in total. The number of hydrogen-bond acceptors (Lipinski definition) is 10. The molecule has 1 N–H and O–H groups in total. The molecule has 0 radical (unpaired) electrons. The molecule has 4 aromatic rings. The van der Waals surface area contributed by atoms with Crippen LogP contribution in [0.5, 0.6) is 5.75 Å². The number of aldehydes is 1. The number of phenols is 1. The molecule has 1 aliphatic heterocycles. The Morgan fingerprint density at radius 1 is 1.16 bits per heavy atom. The second kappa shape index (κ2) is 11.9. The smallest absolute Gasteiger partial charge is 0.355 e. The van der Waals surface area contributed by atoms with Gasteiger partial charge in [-0.1, -0.05) is 24.8 Å². The van der Waals surface area contributed by atoms with Crippen LogP contribution in [0, 0.1) is 23.0 Å². The zero-order valence-corrected chi connectivity index (χ0v) is 24.3. The number of fused-ring (bicyclic) bond motifs is 1. The number of rotatable bonds is 8. The molecule has 226 valence electrons. The van der Waals surface area contributed by atoms with Gasteiger partial charge in [-0.3, -0.25) is 9.69 Å². The predicted molar refractivity (Wildman–Crippen MR) is 158 cm³/mol. The molecule has 0 bridgehead atoms. The maximum Gasteiger partial charge on any atom is 0.355 e. The summed E-state index contributed by atoms with van der Waals surface area (Å²) in [7, 11) is -3.88. The van der Waals surface area contributed by atoms with Gasteiger partial charge in [0.2, 0.25) is 0 Å². The van der Waals surface area contributed by atoms with E-state index in [9.17, 15) is 32.8 Å². The van der Waals surface area contributed by atoms with Crippen molar-refractivity contribution in [3.63, 3.8) is 0 Å². The van der Waals surface area contributed by atoms with Gasteiger partial charge in [-0.05, 0) is 35.9 Å². The van der Waals surface area contributed by atoms with Crippen molar-refractivity contribution in [2.24, 2.45) is 0 Å². The summed E-state index contributed by atoms with van der Waals surface area (Å²) in [6, 6.07) is 11.8. The first-order valence-corrected chi connectivity index (χ1v) is 15.2. The number of benzene rings is 2. The molecule has 44 heavy (non-hydrogen) atoms. The van der Waals surface area contributed by atoms with Crippen LogP contribution in [0.4, 0.5) is 14.6 Å². The fourth-order valence-corrected chi connectivity index (χ4v) is 6.20. The normalized spacial score (nSPS) is 15.7. The van der Waals surface area contributed by atoms with Gasteiger partial charge in [0.1, 0.15) is 29.4 Å². The number of carbonyl (C=O) groups is 1. The van der Waals surface area contributed by atoms with Crippen LogP contribution in [0.15, 0.2) is 70.4 Å². The van der Waals surface area contributed by atoms with Gasteiger partial charge >= 0.3 is 5.69 Å². The van der Waals surface area contributed by atoms with E-state index >= 15 is 4.39 Å². The molecule has 2 aromatic carbocycles. The first-order valence-electron chi connectivity index (χ1n) is 13.3.